The Labute approximate surface area is 165 Å². The van der Waals surface area contributed by atoms with Gasteiger partial charge in [-0.15, -0.1) is 0 Å². The van der Waals surface area contributed by atoms with Crippen LogP contribution in [-0.4, -0.2) is 24.0 Å². The minimum Gasteiger partial charge on any atom is -0.372 e. The Morgan fingerprint density at radius 1 is 1.19 bits per heavy atom. The highest BCUT2D eigenvalue weighted by Crippen LogP contribution is 2.28. The number of rotatable bonds is 7. The number of nitrogens with zero attached hydrogens (tertiary/aromatic N) is 1. The molecule has 0 saturated carbocycles. The molecule has 1 amide bonds. The van der Waals surface area contributed by atoms with Crippen LogP contribution in [0.2, 0.25) is 5.02 Å². The summed E-state index contributed by atoms with van der Waals surface area (Å²) in [5.74, 6) is -0.233. The van der Waals surface area contributed by atoms with E-state index in [4.69, 9.17) is 11.6 Å². The molecule has 1 heterocycles. The topological polar surface area (TPSA) is 65.2 Å². The van der Waals surface area contributed by atoms with Crippen LogP contribution in [0.15, 0.2) is 23.0 Å². The molecule has 0 radical (unpaired) electrons. The number of carbonyl (C=O) groups excluding carboxylic acids is 1. The van der Waals surface area contributed by atoms with Gasteiger partial charge in [0.2, 0.25) is 0 Å². The van der Waals surface area contributed by atoms with Gasteiger partial charge in [-0.05, 0) is 63.4 Å². The molecule has 1 aromatic carbocycles. The summed E-state index contributed by atoms with van der Waals surface area (Å²) in [4.78, 5) is 29.9. The molecule has 0 bridgehead atoms. The molecule has 0 fully saturated rings. The molecule has 0 aliphatic heterocycles. The third-order valence-corrected chi connectivity index (χ3v) is 4.94. The maximum atomic E-state index is 12.8. The van der Waals surface area contributed by atoms with E-state index in [1.165, 1.54) is 0 Å². The summed E-state index contributed by atoms with van der Waals surface area (Å²) in [6, 6.07) is 5.49. The fraction of sp³-hybridized carbons (Fsp3) is 0.429. The standard InChI is InChI=1S/C21H28ClN3O2/c1-6-8-25(7-2)19-11-16(22)10-17(15(19)5)20(26)23-12-18-13(3)9-14(4)24-21(18)27/h9-11H,6-8,12H2,1-5H3,(H,23,26)(H,24,27). The fourth-order valence-electron chi connectivity index (χ4n) is 3.31. The maximum Gasteiger partial charge on any atom is 0.253 e. The van der Waals surface area contributed by atoms with Gasteiger partial charge >= 0.3 is 0 Å². The van der Waals surface area contributed by atoms with Crippen LogP contribution in [0.4, 0.5) is 5.69 Å². The molecule has 146 valence electrons. The van der Waals surface area contributed by atoms with E-state index in [1.54, 1.807) is 6.07 Å². The number of aromatic nitrogens is 1. The number of hydrogen-bond acceptors (Lipinski definition) is 3. The van der Waals surface area contributed by atoms with Gasteiger partial charge in [0.15, 0.2) is 0 Å². The Morgan fingerprint density at radius 3 is 2.48 bits per heavy atom. The van der Waals surface area contributed by atoms with Crippen LogP contribution in [0.1, 0.15) is 53.0 Å². The maximum absolute atomic E-state index is 12.8. The molecule has 0 spiro atoms. The number of H-pyrrole nitrogens is 1. The number of anilines is 1. The number of benzene rings is 1. The summed E-state index contributed by atoms with van der Waals surface area (Å²) < 4.78 is 0. The smallest absolute Gasteiger partial charge is 0.253 e. The van der Waals surface area contributed by atoms with Gasteiger partial charge in [-0.1, -0.05) is 18.5 Å². The molecule has 6 heteroatoms. The normalized spacial score (nSPS) is 10.7. The third-order valence-electron chi connectivity index (χ3n) is 4.73. The molecule has 5 nitrogen and oxygen atoms in total. The number of nitrogens with one attached hydrogen (secondary N) is 2. The SMILES string of the molecule is CCCN(CC)c1cc(Cl)cc(C(=O)NCc2c(C)cc(C)[nH]c2=O)c1C. The monoisotopic (exact) mass is 389 g/mol. The summed E-state index contributed by atoms with van der Waals surface area (Å²) >= 11 is 6.29. The van der Waals surface area contributed by atoms with E-state index in [0.29, 0.717) is 16.1 Å². The zero-order chi connectivity index (χ0) is 20.1. The van der Waals surface area contributed by atoms with E-state index in [0.717, 1.165) is 42.0 Å². The molecular formula is C21H28ClN3O2. The van der Waals surface area contributed by atoms with Crippen molar-refractivity contribution in [3.05, 3.63) is 61.5 Å². The van der Waals surface area contributed by atoms with Gasteiger partial charge in [0.05, 0.1) is 0 Å². The second kappa shape index (κ2) is 9.09. The van der Waals surface area contributed by atoms with E-state index in [2.05, 4.69) is 29.0 Å². The van der Waals surface area contributed by atoms with E-state index in [9.17, 15) is 9.59 Å². The van der Waals surface area contributed by atoms with E-state index in [1.807, 2.05) is 32.9 Å². The van der Waals surface area contributed by atoms with Gasteiger partial charge in [0.1, 0.15) is 0 Å². The van der Waals surface area contributed by atoms with Crippen LogP contribution in [-0.2, 0) is 6.54 Å². The minimum absolute atomic E-state index is 0.170. The van der Waals surface area contributed by atoms with Crippen LogP contribution >= 0.6 is 11.6 Å². The highest BCUT2D eigenvalue weighted by atomic mass is 35.5. The highest BCUT2D eigenvalue weighted by Gasteiger charge is 2.17. The first-order valence-electron chi connectivity index (χ1n) is 9.31. The van der Waals surface area contributed by atoms with E-state index >= 15 is 0 Å². The number of amides is 1. The first kappa shape index (κ1) is 21.0. The molecule has 2 aromatic rings. The number of pyridine rings is 1. The molecular weight excluding hydrogens is 362 g/mol. The predicted octanol–water partition coefficient (Wildman–Crippen LogP) is 4.12. The molecule has 2 rings (SSSR count). The summed E-state index contributed by atoms with van der Waals surface area (Å²) in [5, 5.41) is 3.39. The van der Waals surface area contributed by atoms with Crippen molar-refractivity contribution >= 4 is 23.2 Å². The van der Waals surface area contributed by atoms with Gasteiger partial charge in [0.25, 0.3) is 11.5 Å². The Balaban J connectivity index is 2.29. The zero-order valence-electron chi connectivity index (χ0n) is 16.7. The lowest BCUT2D eigenvalue weighted by molar-refractivity contribution is 0.0950. The largest absolute Gasteiger partial charge is 0.372 e. The van der Waals surface area contributed by atoms with Gasteiger partial charge in [0, 0.05) is 47.2 Å². The van der Waals surface area contributed by atoms with Gasteiger partial charge in [-0.25, -0.2) is 0 Å². The Bertz CT molecular complexity index is 890. The first-order valence-corrected chi connectivity index (χ1v) is 9.68. The first-order chi connectivity index (χ1) is 12.8. The van der Waals surface area contributed by atoms with Crippen LogP contribution in [0, 0.1) is 20.8 Å². The number of hydrogen-bond donors (Lipinski definition) is 2. The van der Waals surface area contributed by atoms with Crippen molar-refractivity contribution in [2.45, 2.75) is 47.6 Å². The van der Waals surface area contributed by atoms with Crippen molar-refractivity contribution in [3.8, 4) is 0 Å². The lowest BCUT2D eigenvalue weighted by atomic mass is 10.0. The van der Waals surface area contributed by atoms with Crippen LogP contribution in [0.5, 0.6) is 0 Å². The van der Waals surface area contributed by atoms with E-state index in [-0.39, 0.29) is 18.0 Å². The van der Waals surface area contributed by atoms with Gasteiger partial charge in [-0.3, -0.25) is 9.59 Å². The average Bonchev–Trinajstić information content (AvgIpc) is 2.60. The second-order valence-corrected chi connectivity index (χ2v) is 7.24. The summed E-state index contributed by atoms with van der Waals surface area (Å²) in [6.45, 7) is 11.8. The van der Waals surface area contributed by atoms with Crippen molar-refractivity contribution in [2.24, 2.45) is 0 Å². The fourth-order valence-corrected chi connectivity index (χ4v) is 3.53. The lowest BCUT2D eigenvalue weighted by Crippen LogP contribution is -2.29. The minimum atomic E-state index is -0.233. The van der Waals surface area contributed by atoms with Crippen molar-refractivity contribution in [1.82, 2.24) is 10.3 Å². The molecule has 0 aliphatic carbocycles. The summed E-state index contributed by atoms with van der Waals surface area (Å²) in [7, 11) is 0. The molecule has 0 saturated heterocycles. The highest BCUT2D eigenvalue weighted by molar-refractivity contribution is 6.31. The Hall–Kier alpha value is -2.27. The Kier molecular flexibility index (Phi) is 7.08. The molecule has 1 aromatic heterocycles. The molecule has 2 N–H and O–H groups in total. The van der Waals surface area contributed by atoms with Crippen molar-refractivity contribution in [1.29, 1.82) is 0 Å². The summed E-state index contributed by atoms with van der Waals surface area (Å²) in [5.41, 5.74) is 4.46. The number of aryl methyl sites for hydroxylation is 2. The Morgan fingerprint density at radius 2 is 1.89 bits per heavy atom. The lowest BCUT2D eigenvalue weighted by Gasteiger charge is -2.26. The zero-order valence-corrected chi connectivity index (χ0v) is 17.5. The van der Waals surface area contributed by atoms with Gasteiger partial charge in [-0.2, -0.15) is 0 Å². The molecule has 0 unspecified atom stereocenters. The van der Waals surface area contributed by atoms with Gasteiger partial charge < -0.3 is 15.2 Å². The quantitative estimate of drug-likeness (QED) is 0.748. The molecule has 0 atom stereocenters. The van der Waals surface area contributed by atoms with Crippen LogP contribution in [0.25, 0.3) is 0 Å². The van der Waals surface area contributed by atoms with Crippen molar-refractivity contribution in [3.63, 3.8) is 0 Å². The number of aromatic amines is 1. The number of halogens is 1. The van der Waals surface area contributed by atoms with Crippen LogP contribution < -0.4 is 15.8 Å². The second-order valence-electron chi connectivity index (χ2n) is 6.80. The molecule has 27 heavy (non-hydrogen) atoms. The van der Waals surface area contributed by atoms with Crippen molar-refractivity contribution < 1.29 is 4.79 Å². The number of carbonyl (C=O) groups is 1. The van der Waals surface area contributed by atoms with Crippen molar-refractivity contribution in [2.75, 3.05) is 18.0 Å². The predicted molar refractivity (Wildman–Crippen MR) is 112 cm³/mol. The summed E-state index contributed by atoms with van der Waals surface area (Å²) in [6.07, 6.45) is 1.01. The molecule has 0 aliphatic rings. The average molecular weight is 390 g/mol. The van der Waals surface area contributed by atoms with Crippen LogP contribution in [0.3, 0.4) is 0 Å². The third kappa shape index (κ3) is 4.92. The van der Waals surface area contributed by atoms with E-state index < -0.39 is 0 Å².